The molecule has 2 aromatic rings. The van der Waals surface area contributed by atoms with Gasteiger partial charge in [0.15, 0.2) is 9.67 Å². The second kappa shape index (κ2) is 6.81. The molecule has 0 bridgehead atoms. The van der Waals surface area contributed by atoms with Crippen molar-refractivity contribution >= 4 is 52.6 Å². The lowest BCUT2D eigenvalue weighted by Crippen LogP contribution is -2.16. The Morgan fingerprint density at radius 3 is 2.84 bits per heavy atom. The summed E-state index contributed by atoms with van der Waals surface area (Å²) in [4.78, 5) is 17.3. The van der Waals surface area contributed by atoms with Crippen LogP contribution in [0.5, 0.6) is 11.6 Å². The Hall–Kier alpha value is -2.45. The molecule has 0 spiro atoms. The van der Waals surface area contributed by atoms with E-state index >= 15 is 0 Å². The molecule has 0 atom stereocenters. The van der Waals surface area contributed by atoms with E-state index in [2.05, 4.69) is 4.99 Å². The van der Waals surface area contributed by atoms with Gasteiger partial charge < -0.3 is 14.6 Å². The number of aromatic nitrogens is 1. The van der Waals surface area contributed by atoms with Crippen LogP contribution in [0.2, 0.25) is 0 Å². The molecule has 0 saturated heterocycles. The van der Waals surface area contributed by atoms with Gasteiger partial charge in [0, 0.05) is 18.2 Å². The zero-order valence-corrected chi connectivity index (χ0v) is 15.5. The first-order chi connectivity index (χ1) is 12.0. The molecule has 3 rings (SSSR count). The van der Waals surface area contributed by atoms with E-state index in [0.717, 1.165) is 5.56 Å². The molecule has 0 unspecified atom stereocenters. The number of methoxy groups -OCH3 is 1. The molecule has 0 saturated carbocycles. The maximum Gasteiger partial charge on any atom is 0.357 e. The summed E-state index contributed by atoms with van der Waals surface area (Å²) in [7, 11) is 3.25. The van der Waals surface area contributed by atoms with Crippen molar-refractivity contribution in [2.24, 2.45) is 12.0 Å². The quantitative estimate of drug-likeness (QED) is 0.650. The van der Waals surface area contributed by atoms with Gasteiger partial charge in [-0.15, -0.1) is 11.3 Å². The van der Waals surface area contributed by atoms with Crippen molar-refractivity contribution in [1.82, 2.24) is 4.57 Å². The fourth-order valence-corrected chi connectivity index (χ4v) is 3.62. The lowest BCUT2D eigenvalue weighted by molar-refractivity contribution is -0.134. The second-order valence-corrected chi connectivity index (χ2v) is 6.91. The predicted octanol–water partition coefficient (Wildman–Crippen LogP) is 3.72. The minimum absolute atomic E-state index is 0.0436. The minimum atomic E-state index is -0.511. The normalized spacial score (nSPS) is 14.4. The largest absolute Gasteiger partial charge is 0.497 e. The number of fused-ring (bicyclic) bond motifs is 1. The summed E-state index contributed by atoms with van der Waals surface area (Å²) in [6.07, 6.45) is 1.71. The molecule has 0 amide bonds. The highest BCUT2D eigenvalue weighted by atomic mass is 32.1. The number of rotatable bonds is 4. The van der Waals surface area contributed by atoms with Crippen LogP contribution in [0.15, 0.2) is 23.2 Å². The van der Waals surface area contributed by atoms with Crippen LogP contribution in [0.4, 0.5) is 5.69 Å². The minimum Gasteiger partial charge on any atom is -0.497 e. The van der Waals surface area contributed by atoms with Gasteiger partial charge >= 0.3 is 5.97 Å². The molecule has 0 radical (unpaired) electrons. The Kier molecular flexibility index (Phi) is 4.73. The van der Waals surface area contributed by atoms with Gasteiger partial charge in [-0.25, -0.2) is 9.79 Å². The number of nitrogens with zero attached hydrogens (tertiary/aromatic N) is 2. The number of esters is 1. The zero-order valence-electron chi connectivity index (χ0n) is 13.9. The van der Waals surface area contributed by atoms with Crippen molar-refractivity contribution in [2.45, 2.75) is 6.92 Å². The number of benzene rings is 1. The van der Waals surface area contributed by atoms with Crippen molar-refractivity contribution in [1.29, 1.82) is 0 Å². The van der Waals surface area contributed by atoms with Gasteiger partial charge in [0.05, 0.1) is 24.3 Å². The average Bonchev–Trinajstić information content (AvgIpc) is 3.08. The van der Waals surface area contributed by atoms with E-state index in [1.54, 1.807) is 45.4 Å². The summed E-state index contributed by atoms with van der Waals surface area (Å²) in [5, 5.41) is 10.2. The molecule has 8 heteroatoms. The molecule has 1 aliphatic heterocycles. The van der Waals surface area contributed by atoms with Gasteiger partial charge in [0.2, 0.25) is 5.88 Å². The number of aromatic hydroxyl groups is 1. The van der Waals surface area contributed by atoms with E-state index < -0.39 is 5.97 Å². The molecule has 6 nitrogen and oxygen atoms in total. The summed E-state index contributed by atoms with van der Waals surface area (Å²) in [6.45, 7) is 1.99. The SMILES string of the molecule is CCOC(=O)C1=Nc2ccc(OC)cc2/C1=C\c1sc(=S)n(C)c1O. The molecular formula is C17H16N2O4S2. The summed E-state index contributed by atoms with van der Waals surface area (Å²) in [5.41, 5.74) is 2.16. The number of hydrogen-bond acceptors (Lipinski definition) is 7. The Balaban J connectivity index is 2.17. The Bertz CT molecular complexity index is 970. The molecule has 1 N–H and O–H groups in total. The van der Waals surface area contributed by atoms with Gasteiger partial charge in [-0.1, -0.05) is 0 Å². The zero-order chi connectivity index (χ0) is 18.1. The van der Waals surface area contributed by atoms with Crippen LogP contribution >= 0.6 is 23.6 Å². The van der Waals surface area contributed by atoms with Crippen LogP contribution in [0.25, 0.3) is 11.6 Å². The Morgan fingerprint density at radius 1 is 1.48 bits per heavy atom. The topological polar surface area (TPSA) is 73.0 Å². The van der Waals surface area contributed by atoms with Crippen molar-refractivity contribution in [2.75, 3.05) is 13.7 Å². The van der Waals surface area contributed by atoms with E-state index in [1.165, 1.54) is 15.9 Å². The summed E-state index contributed by atoms with van der Waals surface area (Å²) < 4.78 is 12.4. The summed E-state index contributed by atoms with van der Waals surface area (Å²) >= 11 is 6.45. The van der Waals surface area contributed by atoms with Gasteiger partial charge in [-0.05, 0) is 43.4 Å². The van der Waals surface area contributed by atoms with Gasteiger partial charge in [0.1, 0.15) is 5.75 Å². The highest BCUT2D eigenvalue weighted by molar-refractivity contribution is 7.73. The summed E-state index contributed by atoms with van der Waals surface area (Å²) in [6, 6.07) is 5.36. The molecule has 1 aromatic heterocycles. The molecule has 130 valence electrons. The van der Waals surface area contributed by atoms with Gasteiger partial charge in [-0.3, -0.25) is 4.57 Å². The fourth-order valence-electron chi connectivity index (χ4n) is 2.45. The number of ether oxygens (including phenoxy) is 2. The number of hydrogen-bond donors (Lipinski definition) is 1. The van der Waals surface area contributed by atoms with Gasteiger partial charge in [0.25, 0.3) is 0 Å². The first-order valence-electron chi connectivity index (χ1n) is 7.51. The van der Waals surface area contributed by atoms with Crippen LogP contribution in [0, 0.1) is 3.95 Å². The number of carbonyl (C=O) groups is 1. The Morgan fingerprint density at radius 2 is 2.24 bits per heavy atom. The van der Waals surface area contributed by atoms with Crippen molar-refractivity contribution < 1.29 is 19.4 Å². The number of aliphatic imine (C=N–C) groups is 1. The molecule has 1 aliphatic rings. The molecular weight excluding hydrogens is 360 g/mol. The molecule has 2 heterocycles. The third kappa shape index (κ3) is 3.10. The first-order valence-corrected chi connectivity index (χ1v) is 8.73. The standard InChI is InChI=1S/C17H16N2O4S2/c1-4-23-16(21)14-11(8-13-15(20)19(2)17(24)25-13)10-7-9(22-3)5-6-12(10)18-14/h5-8,20H,4H2,1-3H3/b11-8+. The van der Waals surface area contributed by atoms with Crippen molar-refractivity contribution in [3.8, 4) is 11.6 Å². The first kappa shape index (κ1) is 17.4. The van der Waals surface area contributed by atoms with Crippen LogP contribution in [-0.4, -0.2) is 35.1 Å². The maximum absolute atomic E-state index is 12.3. The molecule has 25 heavy (non-hydrogen) atoms. The summed E-state index contributed by atoms with van der Waals surface area (Å²) in [5.74, 6) is 0.180. The fraction of sp³-hybridized carbons (Fsp3) is 0.235. The van der Waals surface area contributed by atoms with Crippen LogP contribution in [-0.2, 0) is 16.6 Å². The third-order valence-electron chi connectivity index (χ3n) is 3.73. The smallest absolute Gasteiger partial charge is 0.357 e. The highest BCUT2D eigenvalue weighted by Gasteiger charge is 2.28. The monoisotopic (exact) mass is 376 g/mol. The van der Waals surface area contributed by atoms with Crippen molar-refractivity contribution in [3.63, 3.8) is 0 Å². The lowest BCUT2D eigenvalue weighted by Gasteiger charge is -2.06. The number of thiazole rings is 1. The van der Waals surface area contributed by atoms with Crippen molar-refractivity contribution in [3.05, 3.63) is 32.6 Å². The van der Waals surface area contributed by atoms with E-state index in [9.17, 15) is 9.90 Å². The van der Waals surface area contributed by atoms with E-state index in [-0.39, 0.29) is 18.2 Å². The Labute approximate surface area is 153 Å². The van der Waals surface area contributed by atoms with Crippen LogP contribution in [0.3, 0.4) is 0 Å². The molecule has 1 aromatic carbocycles. The predicted molar refractivity (Wildman–Crippen MR) is 100 cm³/mol. The van der Waals surface area contributed by atoms with Crippen LogP contribution < -0.4 is 4.74 Å². The number of carbonyl (C=O) groups excluding carboxylic acids is 1. The van der Waals surface area contributed by atoms with E-state index in [1.807, 2.05) is 0 Å². The average molecular weight is 376 g/mol. The molecule has 0 fully saturated rings. The van der Waals surface area contributed by atoms with E-state index in [0.29, 0.717) is 25.8 Å². The second-order valence-electron chi connectivity index (χ2n) is 5.24. The van der Waals surface area contributed by atoms with E-state index in [4.69, 9.17) is 21.7 Å². The maximum atomic E-state index is 12.3. The molecule has 0 aliphatic carbocycles. The third-order valence-corrected chi connectivity index (χ3v) is 5.23. The van der Waals surface area contributed by atoms with Crippen LogP contribution in [0.1, 0.15) is 17.4 Å². The highest BCUT2D eigenvalue weighted by Crippen LogP contribution is 2.40. The van der Waals surface area contributed by atoms with Gasteiger partial charge in [-0.2, -0.15) is 0 Å². The lowest BCUT2D eigenvalue weighted by atomic mass is 10.0.